The number of hydrogen-bond acceptors (Lipinski definition) is 2. The molecule has 19 heavy (non-hydrogen) atoms. The van der Waals surface area contributed by atoms with Gasteiger partial charge in [-0.3, -0.25) is 4.79 Å². The van der Waals surface area contributed by atoms with Gasteiger partial charge in [0.1, 0.15) is 0 Å². The molecule has 0 aliphatic heterocycles. The van der Waals surface area contributed by atoms with Gasteiger partial charge in [-0.15, -0.1) is 0 Å². The number of likely N-dealkylation sites (N-methyl/N-ethyl adjacent to an activating group) is 1. The van der Waals surface area contributed by atoms with E-state index in [-0.39, 0.29) is 18.4 Å². The lowest BCUT2D eigenvalue weighted by Gasteiger charge is -2.29. The molecule has 1 aromatic carbocycles. The third-order valence-corrected chi connectivity index (χ3v) is 3.64. The summed E-state index contributed by atoms with van der Waals surface area (Å²) in [5.41, 5.74) is 5.72. The van der Waals surface area contributed by atoms with E-state index in [4.69, 9.17) is 5.73 Å². The van der Waals surface area contributed by atoms with Gasteiger partial charge < -0.3 is 10.6 Å². The maximum atomic E-state index is 13.1. The Morgan fingerprint density at radius 1 is 1.42 bits per heavy atom. The number of carbonyl (C=O) groups is 1. The minimum Gasteiger partial charge on any atom is -0.340 e. The molecule has 104 valence electrons. The number of hydrogen-bond donors (Lipinski definition) is 1. The van der Waals surface area contributed by atoms with E-state index in [1.165, 1.54) is 11.0 Å². The van der Waals surface area contributed by atoms with Crippen LogP contribution in [0, 0.1) is 17.6 Å². The molecular formula is C14H18F2N2O. The van der Waals surface area contributed by atoms with Crippen molar-refractivity contribution < 1.29 is 13.6 Å². The molecule has 0 spiro atoms. The van der Waals surface area contributed by atoms with Crippen LogP contribution in [0.3, 0.4) is 0 Å². The molecule has 1 aliphatic rings. The lowest BCUT2D eigenvalue weighted by atomic mass is 9.95. The first-order valence-corrected chi connectivity index (χ1v) is 6.30. The molecule has 1 unspecified atom stereocenters. The van der Waals surface area contributed by atoms with Crippen molar-refractivity contribution in [2.75, 3.05) is 7.05 Å². The summed E-state index contributed by atoms with van der Waals surface area (Å²) in [7, 11) is 1.62. The van der Waals surface area contributed by atoms with Crippen LogP contribution < -0.4 is 5.73 Å². The van der Waals surface area contributed by atoms with Crippen molar-refractivity contribution in [3.05, 3.63) is 35.4 Å². The van der Waals surface area contributed by atoms with Crippen molar-refractivity contribution in [2.45, 2.75) is 31.8 Å². The Hall–Kier alpha value is -1.49. The van der Waals surface area contributed by atoms with E-state index in [2.05, 4.69) is 0 Å². The third kappa shape index (κ3) is 2.92. The SMILES string of the molecule is CN(Cc1ccc(F)c(F)c1)C(=O)C(C)(N)C1CC1. The summed E-state index contributed by atoms with van der Waals surface area (Å²) in [5.74, 6) is -1.73. The quantitative estimate of drug-likeness (QED) is 0.908. The average Bonchev–Trinajstić information content (AvgIpc) is 3.17. The van der Waals surface area contributed by atoms with Gasteiger partial charge in [0.2, 0.25) is 5.91 Å². The smallest absolute Gasteiger partial charge is 0.242 e. The Bertz CT molecular complexity index is 498. The second-order valence-corrected chi connectivity index (χ2v) is 5.47. The van der Waals surface area contributed by atoms with Crippen LogP contribution in [0.5, 0.6) is 0 Å². The van der Waals surface area contributed by atoms with Crippen LogP contribution in [0.4, 0.5) is 8.78 Å². The van der Waals surface area contributed by atoms with Crippen LogP contribution in [-0.4, -0.2) is 23.4 Å². The Balaban J connectivity index is 2.05. The van der Waals surface area contributed by atoms with E-state index in [0.29, 0.717) is 5.56 Å². The molecule has 5 heteroatoms. The fraction of sp³-hybridized carbons (Fsp3) is 0.500. The zero-order valence-corrected chi connectivity index (χ0v) is 11.1. The molecule has 1 atom stereocenters. The van der Waals surface area contributed by atoms with Gasteiger partial charge in [-0.05, 0) is 43.4 Å². The number of nitrogens with zero attached hydrogens (tertiary/aromatic N) is 1. The van der Waals surface area contributed by atoms with Crippen LogP contribution in [0.1, 0.15) is 25.3 Å². The van der Waals surface area contributed by atoms with Gasteiger partial charge in [0.15, 0.2) is 11.6 Å². The predicted octanol–water partition coefficient (Wildman–Crippen LogP) is 2.05. The van der Waals surface area contributed by atoms with Crippen LogP contribution in [-0.2, 0) is 11.3 Å². The monoisotopic (exact) mass is 268 g/mol. The van der Waals surface area contributed by atoms with Crippen molar-refractivity contribution in [1.29, 1.82) is 0 Å². The van der Waals surface area contributed by atoms with Gasteiger partial charge in [-0.25, -0.2) is 8.78 Å². The van der Waals surface area contributed by atoms with E-state index in [0.717, 1.165) is 25.0 Å². The lowest BCUT2D eigenvalue weighted by molar-refractivity contribution is -0.136. The lowest BCUT2D eigenvalue weighted by Crippen LogP contribution is -2.53. The number of rotatable bonds is 4. The zero-order valence-electron chi connectivity index (χ0n) is 11.1. The molecule has 1 amide bonds. The van der Waals surface area contributed by atoms with Crippen molar-refractivity contribution >= 4 is 5.91 Å². The molecule has 2 N–H and O–H groups in total. The van der Waals surface area contributed by atoms with Crippen molar-refractivity contribution in [1.82, 2.24) is 4.90 Å². The Kier molecular flexibility index (Phi) is 3.58. The first kappa shape index (κ1) is 13.9. The molecule has 1 aliphatic carbocycles. The number of benzene rings is 1. The largest absolute Gasteiger partial charge is 0.340 e. The van der Waals surface area contributed by atoms with Crippen LogP contribution in [0.25, 0.3) is 0 Å². The number of halogens is 2. The maximum Gasteiger partial charge on any atom is 0.242 e. The van der Waals surface area contributed by atoms with Crippen molar-refractivity contribution in [3.8, 4) is 0 Å². The Morgan fingerprint density at radius 2 is 2.05 bits per heavy atom. The summed E-state index contributed by atoms with van der Waals surface area (Å²) in [6.07, 6.45) is 1.94. The fourth-order valence-corrected chi connectivity index (χ4v) is 2.25. The molecule has 0 radical (unpaired) electrons. The highest BCUT2D eigenvalue weighted by molar-refractivity contribution is 5.86. The molecule has 0 heterocycles. The zero-order chi connectivity index (χ0) is 14.2. The topological polar surface area (TPSA) is 46.3 Å². The van der Waals surface area contributed by atoms with E-state index in [1.54, 1.807) is 14.0 Å². The Labute approximate surface area is 111 Å². The second-order valence-electron chi connectivity index (χ2n) is 5.47. The second kappa shape index (κ2) is 4.89. The summed E-state index contributed by atoms with van der Waals surface area (Å²) >= 11 is 0. The summed E-state index contributed by atoms with van der Waals surface area (Å²) in [6.45, 7) is 1.95. The highest BCUT2D eigenvalue weighted by Gasteiger charge is 2.45. The van der Waals surface area contributed by atoms with E-state index in [9.17, 15) is 13.6 Å². The highest BCUT2D eigenvalue weighted by Crippen LogP contribution is 2.38. The molecule has 1 fully saturated rings. The molecule has 0 bridgehead atoms. The summed E-state index contributed by atoms with van der Waals surface area (Å²) in [5, 5.41) is 0. The molecule has 0 aromatic heterocycles. The molecule has 2 rings (SSSR count). The van der Waals surface area contributed by atoms with Crippen LogP contribution in [0.15, 0.2) is 18.2 Å². The molecule has 3 nitrogen and oxygen atoms in total. The van der Waals surface area contributed by atoms with Crippen molar-refractivity contribution in [2.24, 2.45) is 11.7 Å². The van der Waals surface area contributed by atoms with E-state index < -0.39 is 17.2 Å². The van der Waals surface area contributed by atoms with Gasteiger partial charge in [0.05, 0.1) is 5.54 Å². The fourth-order valence-electron chi connectivity index (χ4n) is 2.25. The number of carbonyl (C=O) groups excluding carboxylic acids is 1. The standard InChI is InChI=1S/C14H18F2N2O/c1-14(17,10-4-5-10)13(19)18(2)8-9-3-6-11(15)12(16)7-9/h3,6-7,10H,4-5,8,17H2,1-2H3. The van der Waals surface area contributed by atoms with Gasteiger partial charge in [-0.2, -0.15) is 0 Å². The number of nitrogens with two attached hydrogens (primary N) is 1. The maximum absolute atomic E-state index is 13.1. The summed E-state index contributed by atoms with van der Waals surface area (Å²) < 4.78 is 25.9. The first-order valence-electron chi connectivity index (χ1n) is 6.30. The van der Waals surface area contributed by atoms with E-state index >= 15 is 0 Å². The third-order valence-electron chi connectivity index (χ3n) is 3.64. The molecule has 1 aromatic rings. The van der Waals surface area contributed by atoms with Gasteiger partial charge in [0, 0.05) is 13.6 Å². The normalized spacial score (nSPS) is 17.9. The molecule has 0 saturated heterocycles. The summed E-state index contributed by atoms with van der Waals surface area (Å²) in [4.78, 5) is 13.7. The van der Waals surface area contributed by atoms with Crippen LogP contribution in [0.2, 0.25) is 0 Å². The minimum atomic E-state index is -0.906. The molecule has 1 saturated carbocycles. The van der Waals surface area contributed by atoms with Crippen LogP contribution >= 0.6 is 0 Å². The average molecular weight is 268 g/mol. The minimum absolute atomic E-state index is 0.167. The first-order chi connectivity index (χ1) is 8.82. The van der Waals surface area contributed by atoms with E-state index in [1.807, 2.05) is 0 Å². The van der Waals surface area contributed by atoms with Gasteiger partial charge in [0.25, 0.3) is 0 Å². The van der Waals surface area contributed by atoms with Gasteiger partial charge >= 0.3 is 0 Å². The summed E-state index contributed by atoms with van der Waals surface area (Å²) in [6, 6.07) is 3.63. The van der Waals surface area contributed by atoms with Gasteiger partial charge in [-0.1, -0.05) is 6.07 Å². The predicted molar refractivity (Wildman–Crippen MR) is 68.1 cm³/mol. The highest BCUT2D eigenvalue weighted by atomic mass is 19.2. The van der Waals surface area contributed by atoms with Crippen molar-refractivity contribution in [3.63, 3.8) is 0 Å². The molecular weight excluding hydrogens is 250 g/mol. The number of amides is 1. The Morgan fingerprint density at radius 3 is 2.58 bits per heavy atom.